The van der Waals surface area contributed by atoms with Crippen LogP contribution in [0.15, 0.2) is 42.5 Å². The fourth-order valence-electron chi connectivity index (χ4n) is 2.43. The smallest absolute Gasteiger partial charge is 0.422 e. The fraction of sp³-hybridized carbons (Fsp3) is 0.278. The lowest BCUT2D eigenvalue weighted by Gasteiger charge is -2.11. The number of anilines is 2. The standard InChI is InChI=1S/C18H18F3N3O6S/c1-2-9-31(28,29)23-13-5-3-12(4-6-13)22-17(25)15-10-14(30-11-18(19,20)21)7-8-16(15)24(26)27/h3-8,10,23H,2,9,11H2,1H3,(H,22,25). The van der Waals surface area contributed by atoms with E-state index >= 15 is 0 Å². The van der Waals surface area contributed by atoms with Crippen LogP contribution >= 0.6 is 0 Å². The maximum Gasteiger partial charge on any atom is 0.422 e. The number of rotatable bonds is 9. The first-order valence-electron chi connectivity index (χ1n) is 8.80. The zero-order valence-electron chi connectivity index (χ0n) is 16.1. The summed E-state index contributed by atoms with van der Waals surface area (Å²) in [5.41, 5.74) is -0.697. The van der Waals surface area contributed by atoms with Gasteiger partial charge in [0.2, 0.25) is 10.0 Å². The van der Waals surface area contributed by atoms with Crippen molar-refractivity contribution >= 4 is 33.0 Å². The maximum atomic E-state index is 12.5. The van der Waals surface area contributed by atoms with E-state index < -0.39 is 44.9 Å². The Morgan fingerprint density at radius 2 is 1.74 bits per heavy atom. The van der Waals surface area contributed by atoms with Crippen LogP contribution in [-0.4, -0.2) is 37.8 Å². The fourth-order valence-corrected chi connectivity index (χ4v) is 3.57. The summed E-state index contributed by atoms with van der Waals surface area (Å²) in [6.07, 6.45) is -4.20. The summed E-state index contributed by atoms with van der Waals surface area (Å²) in [5, 5.41) is 13.5. The zero-order chi connectivity index (χ0) is 23.2. The highest BCUT2D eigenvalue weighted by Gasteiger charge is 2.29. The van der Waals surface area contributed by atoms with Crippen molar-refractivity contribution in [3.63, 3.8) is 0 Å². The normalized spacial score (nSPS) is 11.6. The second-order valence-electron chi connectivity index (χ2n) is 6.29. The summed E-state index contributed by atoms with van der Waals surface area (Å²) in [4.78, 5) is 22.8. The molecule has 2 aromatic carbocycles. The number of sulfonamides is 1. The van der Waals surface area contributed by atoms with Gasteiger partial charge >= 0.3 is 6.18 Å². The summed E-state index contributed by atoms with van der Waals surface area (Å²) < 4.78 is 67.4. The number of nitro groups is 1. The van der Waals surface area contributed by atoms with Gasteiger partial charge in [-0.3, -0.25) is 19.6 Å². The van der Waals surface area contributed by atoms with Crippen LogP contribution in [0.5, 0.6) is 5.75 Å². The van der Waals surface area contributed by atoms with Gasteiger partial charge in [-0.25, -0.2) is 8.42 Å². The van der Waals surface area contributed by atoms with Gasteiger partial charge in [0.05, 0.1) is 10.7 Å². The molecule has 31 heavy (non-hydrogen) atoms. The van der Waals surface area contributed by atoms with Gasteiger partial charge in [0.15, 0.2) is 6.61 Å². The molecule has 9 nitrogen and oxygen atoms in total. The minimum Gasteiger partial charge on any atom is -0.484 e. The van der Waals surface area contributed by atoms with E-state index in [1.807, 2.05) is 0 Å². The molecule has 0 aliphatic rings. The largest absolute Gasteiger partial charge is 0.484 e. The highest BCUT2D eigenvalue weighted by molar-refractivity contribution is 7.92. The molecule has 13 heteroatoms. The molecule has 168 valence electrons. The molecule has 2 N–H and O–H groups in total. The van der Waals surface area contributed by atoms with E-state index in [0.29, 0.717) is 6.42 Å². The van der Waals surface area contributed by atoms with Gasteiger partial charge in [-0.2, -0.15) is 13.2 Å². The Labute approximate surface area is 175 Å². The molecule has 0 fully saturated rings. The third-order valence-corrected chi connectivity index (χ3v) is 5.19. The number of benzene rings is 2. The summed E-state index contributed by atoms with van der Waals surface area (Å²) in [6, 6.07) is 8.13. The van der Waals surface area contributed by atoms with Crippen LogP contribution in [0.1, 0.15) is 23.7 Å². The first-order chi connectivity index (χ1) is 14.4. The van der Waals surface area contributed by atoms with Gasteiger partial charge in [0.25, 0.3) is 11.6 Å². The van der Waals surface area contributed by atoms with Crippen molar-refractivity contribution in [1.29, 1.82) is 0 Å². The maximum absolute atomic E-state index is 12.5. The van der Waals surface area contributed by atoms with Gasteiger partial charge in [-0.15, -0.1) is 0 Å². The van der Waals surface area contributed by atoms with Gasteiger partial charge < -0.3 is 10.1 Å². The molecule has 0 unspecified atom stereocenters. The Balaban J connectivity index is 2.19. The molecule has 0 aliphatic heterocycles. The average molecular weight is 461 g/mol. The van der Waals surface area contributed by atoms with Gasteiger partial charge in [-0.05, 0) is 42.8 Å². The Kier molecular flexibility index (Phi) is 7.44. The second-order valence-corrected chi connectivity index (χ2v) is 8.13. The Bertz CT molecular complexity index is 1060. The molecular formula is C18H18F3N3O6S. The van der Waals surface area contributed by atoms with Crippen LogP contribution in [0.25, 0.3) is 0 Å². The number of alkyl halides is 3. The molecule has 0 aromatic heterocycles. The van der Waals surface area contributed by atoms with Crippen LogP contribution < -0.4 is 14.8 Å². The molecule has 0 atom stereocenters. The van der Waals surface area contributed by atoms with Crippen LogP contribution in [0.2, 0.25) is 0 Å². The van der Waals surface area contributed by atoms with Crippen LogP contribution in [0, 0.1) is 10.1 Å². The topological polar surface area (TPSA) is 128 Å². The van der Waals surface area contributed by atoms with E-state index in [1.165, 1.54) is 24.3 Å². The molecule has 0 heterocycles. The lowest BCUT2D eigenvalue weighted by atomic mass is 10.1. The number of hydrogen-bond acceptors (Lipinski definition) is 6. The van der Waals surface area contributed by atoms with Crippen molar-refractivity contribution in [1.82, 2.24) is 0 Å². The van der Waals surface area contributed by atoms with E-state index in [4.69, 9.17) is 0 Å². The number of halogens is 3. The number of nitro benzene ring substituents is 1. The highest BCUT2D eigenvalue weighted by Crippen LogP contribution is 2.27. The number of nitrogens with zero attached hydrogens (tertiary/aromatic N) is 1. The monoisotopic (exact) mass is 461 g/mol. The summed E-state index contributed by atoms with van der Waals surface area (Å²) in [6.45, 7) is 0.0848. The summed E-state index contributed by atoms with van der Waals surface area (Å²) >= 11 is 0. The van der Waals surface area contributed by atoms with E-state index in [9.17, 15) is 36.5 Å². The first-order valence-corrected chi connectivity index (χ1v) is 10.5. The van der Waals surface area contributed by atoms with Crippen molar-refractivity contribution in [2.24, 2.45) is 0 Å². The van der Waals surface area contributed by atoms with E-state index in [1.54, 1.807) is 6.92 Å². The Morgan fingerprint density at radius 1 is 1.13 bits per heavy atom. The van der Waals surface area contributed by atoms with E-state index in [2.05, 4.69) is 14.8 Å². The molecule has 0 bridgehead atoms. The molecule has 0 aliphatic carbocycles. The van der Waals surface area contributed by atoms with Gasteiger partial charge in [-0.1, -0.05) is 6.92 Å². The van der Waals surface area contributed by atoms with E-state index in [-0.39, 0.29) is 22.9 Å². The highest BCUT2D eigenvalue weighted by atomic mass is 32.2. The van der Waals surface area contributed by atoms with E-state index in [0.717, 1.165) is 18.2 Å². The third-order valence-electron chi connectivity index (χ3n) is 3.70. The molecule has 2 rings (SSSR count). The molecule has 0 saturated heterocycles. The molecule has 2 aromatic rings. The van der Waals surface area contributed by atoms with Crippen molar-refractivity contribution in [3.8, 4) is 5.75 Å². The predicted octanol–water partition coefficient (Wildman–Crippen LogP) is 3.94. The lowest BCUT2D eigenvalue weighted by molar-refractivity contribution is -0.385. The average Bonchev–Trinajstić information content (AvgIpc) is 2.66. The van der Waals surface area contributed by atoms with Gasteiger partial charge in [0, 0.05) is 17.4 Å². The van der Waals surface area contributed by atoms with Crippen molar-refractivity contribution in [3.05, 3.63) is 58.1 Å². The lowest BCUT2D eigenvalue weighted by Crippen LogP contribution is -2.20. The minimum atomic E-state index is -4.62. The molecule has 1 amide bonds. The van der Waals surface area contributed by atoms with Gasteiger partial charge in [0.1, 0.15) is 11.3 Å². The second kappa shape index (κ2) is 9.64. The number of amides is 1. The first kappa shape index (κ1) is 23.9. The van der Waals surface area contributed by atoms with Crippen molar-refractivity contribution in [2.45, 2.75) is 19.5 Å². The molecule has 0 spiro atoms. The van der Waals surface area contributed by atoms with Crippen LogP contribution in [-0.2, 0) is 10.0 Å². The zero-order valence-corrected chi connectivity index (χ0v) is 16.9. The minimum absolute atomic E-state index is 0.0676. The number of carbonyl (C=O) groups excluding carboxylic acids is 1. The SMILES string of the molecule is CCCS(=O)(=O)Nc1ccc(NC(=O)c2cc(OCC(F)(F)F)ccc2[N+](=O)[O-])cc1. The van der Waals surface area contributed by atoms with Crippen LogP contribution in [0.3, 0.4) is 0 Å². The summed E-state index contributed by atoms with van der Waals surface area (Å²) in [7, 11) is -3.51. The summed E-state index contributed by atoms with van der Waals surface area (Å²) in [5.74, 6) is -1.39. The Hall–Kier alpha value is -3.35. The number of nitrogens with one attached hydrogen (secondary N) is 2. The van der Waals surface area contributed by atoms with Crippen molar-refractivity contribution < 1.29 is 36.0 Å². The van der Waals surface area contributed by atoms with Crippen LogP contribution in [0.4, 0.5) is 30.2 Å². The van der Waals surface area contributed by atoms with Crippen molar-refractivity contribution in [2.75, 3.05) is 22.4 Å². The number of hydrogen-bond donors (Lipinski definition) is 2. The predicted molar refractivity (Wildman–Crippen MR) is 107 cm³/mol. The molecule has 0 saturated carbocycles. The third kappa shape index (κ3) is 7.44. The number of carbonyl (C=O) groups is 1. The molecular weight excluding hydrogens is 443 g/mol. The molecule has 0 radical (unpaired) electrons. The Morgan fingerprint density at radius 3 is 2.29 bits per heavy atom. The quantitative estimate of drug-likeness (QED) is 0.430. The number of ether oxygens (including phenoxy) is 1.